The van der Waals surface area contributed by atoms with Crippen LogP contribution in [-0.4, -0.2) is 23.5 Å². The summed E-state index contributed by atoms with van der Waals surface area (Å²) in [4.78, 5) is 36.7. The fourth-order valence-electron chi connectivity index (χ4n) is 3.68. The third-order valence-electron chi connectivity index (χ3n) is 5.37. The van der Waals surface area contributed by atoms with Gasteiger partial charge in [0.2, 0.25) is 0 Å². The maximum absolute atomic E-state index is 12.4. The van der Waals surface area contributed by atoms with E-state index in [4.69, 9.17) is 13.9 Å². The number of rotatable bonds is 9. The molecule has 0 aliphatic heterocycles. The fourth-order valence-corrected chi connectivity index (χ4v) is 3.68. The zero-order chi connectivity index (χ0) is 24.1. The third kappa shape index (κ3) is 5.80. The van der Waals surface area contributed by atoms with Crippen LogP contribution < -0.4 is 10.4 Å². The van der Waals surface area contributed by atoms with Crippen molar-refractivity contribution >= 4 is 22.7 Å². The number of aromatic hydroxyl groups is 1. The lowest BCUT2D eigenvalue weighted by atomic mass is 9.95. The highest BCUT2D eigenvalue weighted by Gasteiger charge is 2.15. The van der Waals surface area contributed by atoms with Crippen molar-refractivity contribution in [1.29, 1.82) is 0 Å². The number of phenolic OH excluding ortho intramolecular Hbond substituents is 1. The third-order valence-corrected chi connectivity index (χ3v) is 5.37. The van der Waals surface area contributed by atoms with Crippen molar-refractivity contribution in [3.8, 4) is 11.5 Å². The van der Waals surface area contributed by atoms with Crippen LogP contribution in [0.3, 0.4) is 0 Å². The molecule has 0 aliphatic rings. The topological polar surface area (TPSA) is 103 Å². The highest BCUT2D eigenvalue weighted by Crippen LogP contribution is 2.28. The minimum atomic E-state index is -0.551. The van der Waals surface area contributed by atoms with Crippen molar-refractivity contribution in [2.75, 3.05) is 6.61 Å². The molecule has 7 nitrogen and oxygen atoms in total. The molecule has 0 spiro atoms. The number of benzene rings is 2. The van der Waals surface area contributed by atoms with Crippen LogP contribution in [0.15, 0.2) is 45.6 Å². The molecule has 0 amide bonds. The maximum Gasteiger partial charge on any atom is 0.336 e. The van der Waals surface area contributed by atoms with Gasteiger partial charge in [0, 0.05) is 29.0 Å². The number of phenols is 1. The first-order valence-electron chi connectivity index (χ1n) is 10.9. The van der Waals surface area contributed by atoms with Gasteiger partial charge in [-0.3, -0.25) is 9.59 Å². The van der Waals surface area contributed by atoms with Gasteiger partial charge in [-0.05, 0) is 61.2 Å². The molecule has 1 N–H and O–H groups in total. The van der Waals surface area contributed by atoms with Crippen molar-refractivity contribution in [1.82, 2.24) is 0 Å². The summed E-state index contributed by atoms with van der Waals surface area (Å²) < 4.78 is 16.0. The molecule has 0 bridgehead atoms. The fraction of sp³-hybridized carbons (Fsp3) is 0.346. The average Bonchev–Trinajstić information content (AvgIpc) is 2.76. The van der Waals surface area contributed by atoms with Gasteiger partial charge in [0.15, 0.2) is 17.3 Å². The molecular formula is C26H28O7. The summed E-state index contributed by atoms with van der Waals surface area (Å²) in [5.41, 5.74) is 2.97. The van der Waals surface area contributed by atoms with Crippen LogP contribution in [0.2, 0.25) is 0 Å². The van der Waals surface area contributed by atoms with Crippen LogP contribution in [0.5, 0.6) is 11.5 Å². The van der Waals surface area contributed by atoms with Crippen LogP contribution in [0.25, 0.3) is 11.0 Å². The minimum absolute atomic E-state index is 0.0520. The number of esters is 1. The summed E-state index contributed by atoms with van der Waals surface area (Å²) in [7, 11) is 0. The van der Waals surface area contributed by atoms with Gasteiger partial charge in [0.25, 0.3) is 0 Å². The SMILES string of the molecule is CCOc1cc(C(=O)CCC(=O)OCc2cc(=O)oc3cc(C)c(C(C)C)cc23)ccc1O. The Morgan fingerprint density at radius 2 is 1.85 bits per heavy atom. The quantitative estimate of drug-likeness (QED) is 0.276. The van der Waals surface area contributed by atoms with Crippen LogP contribution in [0.1, 0.15) is 66.6 Å². The lowest BCUT2D eigenvalue weighted by Crippen LogP contribution is -2.10. The van der Waals surface area contributed by atoms with Gasteiger partial charge < -0.3 is 19.0 Å². The lowest BCUT2D eigenvalue weighted by molar-refractivity contribution is -0.144. The van der Waals surface area contributed by atoms with E-state index < -0.39 is 11.6 Å². The zero-order valence-electron chi connectivity index (χ0n) is 19.3. The monoisotopic (exact) mass is 452 g/mol. The molecule has 33 heavy (non-hydrogen) atoms. The van der Waals surface area contributed by atoms with Gasteiger partial charge in [-0.1, -0.05) is 13.8 Å². The molecule has 0 radical (unpaired) electrons. The van der Waals surface area contributed by atoms with Crippen LogP contribution in [0, 0.1) is 6.92 Å². The molecule has 7 heteroatoms. The second-order valence-electron chi connectivity index (χ2n) is 8.15. The molecule has 1 heterocycles. The summed E-state index contributed by atoms with van der Waals surface area (Å²) in [6.07, 6.45) is -0.164. The van der Waals surface area contributed by atoms with Gasteiger partial charge in [-0.15, -0.1) is 0 Å². The second-order valence-corrected chi connectivity index (χ2v) is 8.15. The summed E-state index contributed by atoms with van der Waals surface area (Å²) in [6.45, 7) is 8.15. The molecule has 3 aromatic rings. The number of ketones is 1. The molecule has 0 fully saturated rings. The van der Waals surface area contributed by atoms with Crippen molar-refractivity contribution in [3.05, 3.63) is 69.1 Å². The van der Waals surface area contributed by atoms with Crippen molar-refractivity contribution in [2.24, 2.45) is 0 Å². The number of fused-ring (bicyclic) bond motifs is 1. The Morgan fingerprint density at radius 3 is 2.55 bits per heavy atom. The van der Waals surface area contributed by atoms with Crippen LogP contribution in [0.4, 0.5) is 0 Å². The number of carbonyl (C=O) groups is 2. The number of carbonyl (C=O) groups excluding carboxylic acids is 2. The average molecular weight is 453 g/mol. The van der Waals surface area contributed by atoms with E-state index in [1.165, 1.54) is 24.3 Å². The van der Waals surface area contributed by atoms with Crippen molar-refractivity contribution in [3.63, 3.8) is 0 Å². The summed E-state index contributed by atoms with van der Waals surface area (Å²) in [6, 6.07) is 9.43. The van der Waals surface area contributed by atoms with Gasteiger partial charge in [-0.2, -0.15) is 0 Å². The standard InChI is InChI=1S/C26H28O7/c1-5-31-24-11-17(6-7-22(24)28)21(27)8-9-25(29)32-14-18-12-26(30)33-23-10-16(4)19(15(2)3)13-20(18)23/h6-7,10-13,15,28H,5,8-9,14H2,1-4H3. The predicted octanol–water partition coefficient (Wildman–Crippen LogP) is 5.04. The lowest BCUT2D eigenvalue weighted by Gasteiger charge is -2.13. The summed E-state index contributed by atoms with van der Waals surface area (Å²) in [5, 5.41) is 10.5. The van der Waals surface area contributed by atoms with Crippen molar-refractivity contribution in [2.45, 2.75) is 53.1 Å². The number of ether oxygens (including phenoxy) is 2. The Morgan fingerprint density at radius 1 is 1.09 bits per heavy atom. The van der Waals surface area contributed by atoms with E-state index in [1.807, 2.05) is 19.1 Å². The summed E-state index contributed by atoms with van der Waals surface area (Å²) >= 11 is 0. The molecular weight excluding hydrogens is 424 g/mol. The zero-order valence-corrected chi connectivity index (χ0v) is 19.3. The summed E-state index contributed by atoms with van der Waals surface area (Å²) in [5.74, 6) is -0.369. The molecule has 0 aliphatic carbocycles. The number of hydrogen-bond acceptors (Lipinski definition) is 7. The minimum Gasteiger partial charge on any atom is -0.504 e. The van der Waals surface area contributed by atoms with Gasteiger partial charge in [0.05, 0.1) is 13.0 Å². The molecule has 0 unspecified atom stereocenters. The first-order chi connectivity index (χ1) is 15.7. The Kier molecular flexibility index (Phi) is 7.53. The molecule has 174 valence electrons. The highest BCUT2D eigenvalue weighted by molar-refractivity contribution is 5.98. The second kappa shape index (κ2) is 10.3. The number of aryl methyl sites for hydroxylation is 1. The molecule has 0 atom stereocenters. The van der Waals surface area contributed by atoms with E-state index in [9.17, 15) is 19.5 Å². The normalized spacial score (nSPS) is 11.1. The molecule has 1 aromatic heterocycles. The Bertz CT molecular complexity index is 1240. The largest absolute Gasteiger partial charge is 0.504 e. The number of hydrogen-bond donors (Lipinski definition) is 1. The van der Waals surface area contributed by atoms with Gasteiger partial charge in [0.1, 0.15) is 12.2 Å². The maximum atomic E-state index is 12.4. The molecule has 0 saturated heterocycles. The Labute approximate surface area is 191 Å². The van der Waals surface area contributed by atoms with E-state index in [1.54, 1.807) is 6.92 Å². The first kappa shape index (κ1) is 24.0. The Hall–Kier alpha value is -3.61. The van der Waals surface area contributed by atoms with E-state index in [2.05, 4.69) is 13.8 Å². The van der Waals surface area contributed by atoms with E-state index in [0.29, 0.717) is 23.3 Å². The predicted molar refractivity (Wildman–Crippen MR) is 124 cm³/mol. The smallest absolute Gasteiger partial charge is 0.336 e. The van der Waals surface area contributed by atoms with E-state index in [0.717, 1.165) is 16.5 Å². The van der Waals surface area contributed by atoms with Gasteiger partial charge >= 0.3 is 11.6 Å². The molecule has 0 saturated carbocycles. The number of Topliss-reactive ketones (excluding diaryl/α,β-unsaturated/α-hetero) is 1. The van der Waals surface area contributed by atoms with E-state index in [-0.39, 0.29) is 42.6 Å². The van der Waals surface area contributed by atoms with Crippen LogP contribution >= 0.6 is 0 Å². The highest BCUT2D eigenvalue weighted by atomic mass is 16.5. The molecule has 3 rings (SSSR count). The first-order valence-corrected chi connectivity index (χ1v) is 10.9. The van der Waals surface area contributed by atoms with Crippen LogP contribution in [-0.2, 0) is 16.1 Å². The van der Waals surface area contributed by atoms with Gasteiger partial charge in [-0.25, -0.2) is 4.79 Å². The van der Waals surface area contributed by atoms with Crippen molar-refractivity contribution < 1.29 is 28.6 Å². The Balaban J connectivity index is 1.67. The van der Waals surface area contributed by atoms with E-state index >= 15 is 0 Å². The molecule has 2 aromatic carbocycles.